The molecular weight excluding hydrogens is 100 g/mol. The fourth-order valence-electron chi connectivity index (χ4n) is 1.08. The summed E-state index contributed by atoms with van der Waals surface area (Å²) in [5.41, 5.74) is 0. The molecule has 46 valence electrons. The van der Waals surface area contributed by atoms with Crippen molar-refractivity contribution < 1.29 is 4.79 Å². The minimum atomic E-state index is 0.773. The smallest absolute Gasteiger partial charge is 0.120 e. The van der Waals surface area contributed by atoms with Crippen LogP contribution in [0.25, 0.3) is 0 Å². The zero-order valence-corrected chi connectivity index (χ0v) is 5.26. The van der Waals surface area contributed by atoms with Crippen LogP contribution in [0.5, 0.6) is 0 Å². The maximum absolute atomic E-state index is 9.84. The zero-order chi connectivity index (χ0) is 5.98. The molecule has 1 heteroatoms. The molecule has 0 aliphatic heterocycles. The minimum absolute atomic E-state index is 0.773. The van der Waals surface area contributed by atoms with Crippen LogP contribution in [0.2, 0.25) is 0 Å². The molecule has 0 aromatic rings. The van der Waals surface area contributed by atoms with Gasteiger partial charge in [-0.1, -0.05) is 6.92 Å². The molecule has 8 heavy (non-hydrogen) atoms. The van der Waals surface area contributed by atoms with Gasteiger partial charge in [0, 0.05) is 6.42 Å². The quantitative estimate of drug-likeness (QED) is 0.507. The summed E-state index contributed by atoms with van der Waals surface area (Å²) in [6, 6.07) is 0. The Morgan fingerprint density at radius 1 is 1.75 bits per heavy atom. The van der Waals surface area contributed by atoms with E-state index in [4.69, 9.17) is 0 Å². The van der Waals surface area contributed by atoms with Crippen LogP contribution in [0.15, 0.2) is 0 Å². The van der Waals surface area contributed by atoms with Gasteiger partial charge in [-0.25, -0.2) is 0 Å². The average Bonchev–Trinajstić information content (AvgIpc) is 2.42. The average molecular weight is 112 g/mol. The van der Waals surface area contributed by atoms with Gasteiger partial charge >= 0.3 is 0 Å². The Morgan fingerprint density at radius 2 is 2.38 bits per heavy atom. The van der Waals surface area contributed by atoms with Gasteiger partial charge in [0.15, 0.2) is 0 Å². The lowest BCUT2D eigenvalue weighted by molar-refractivity contribution is -0.108. The summed E-state index contributed by atoms with van der Waals surface area (Å²) in [4.78, 5) is 9.84. The van der Waals surface area contributed by atoms with Gasteiger partial charge < -0.3 is 4.79 Å². The van der Waals surface area contributed by atoms with Gasteiger partial charge in [0.1, 0.15) is 6.29 Å². The maximum atomic E-state index is 9.84. The van der Waals surface area contributed by atoms with Crippen molar-refractivity contribution in [1.82, 2.24) is 0 Å². The van der Waals surface area contributed by atoms with Crippen LogP contribution in [0.1, 0.15) is 26.2 Å². The SMILES string of the molecule is C[C@H]1C[C@H]1CCC=O. The van der Waals surface area contributed by atoms with E-state index in [1.54, 1.807) is 0 Å². The van der Waals surface area contributed by atoms with Crippen LogP contribution in [0.3, 0.4) is 0 Å². The van der Waals surface area contributed by atoms with Gasteiger partial charge in [-0.2, -0.15) is 0 Å². The monoisotopic (exact) mass is 112 g/mol. The molecule has 0 N–H and O–H groups in total. The van der Waals surface area contributed by atoms with E-state index < -0.39 is 0 Å². The van der Waals surface area contributed by atoms with Crippen molar-refractivity contribution in [2.75, 3.05) is 0 Å². The van der Waals surface area contributed by atoms with E-state index in [2.05, 4.69) is 6.92 Å². The lowest BCUT2D eigenvalue weighted by Gasteiger charge is -1.86. The third kappa shape index (κ3) is 1.32. The lowest BCUT2D eigenvalue weighted by Crippen LogP contribution is -1.79. The summed E-state index contributed by atoms with van der Waals surface area (Å²) < 4.78 is 0. The number of aldehydes is 1. The Labute approximate surface area is 50.1 Å². The van der Waals surface area contributed by atoms with Gasteiger partial charge in [0.25, 0.3) is 0 Å². The van der Waals surface area contributed by atoms with Crippen LogP contribution in [0, 0.1) is 11.8 Å². The second-order valence-electron chi connectivity index (χ2n) is 2.72. The Hall–Kier alpha value is -0.330. The van der Waals surface area contributed by atoms with Crippen molar-refractivity contribution in [3.63, 3.8) is 0 Å². The first-order chi connectivity index (χ1) is 3.84. The molecular formula is C7H12O. The third-order valence-electron chi connectivity index (χ3n) is 1.93. The molecule has 1 nitrogen and oxygen atoms in total. The van der Waals surface area contributed by atoms with E-state index in [0.717, 1.165) is 31.0 Å². The fraction of sp³-hybridized carbons (Fsp3) is 0.857. The van der Waals surface area contributed by atoms with Crippen LogP contribution in [-0.2, 0) is 4.79 Å². The molecule has 1 aliphatic carbocycles. The summed E-state index contributed by atoms with van der Waals surface area (Å²) in [6.07, 6.45) is 4.28. The van der Waals surface area contributed by atoms with Gasteiger partial charge in [0.05, 0.1) is 0 Å². The van der Waals surface area contributed by atoms with E-state index in [-0.39, 0.29) is 0 Å². The predicted octanol–water partition coefficient (Wildman–Crippen LogP) is 1.62. The number of carbonyl (C=O) groups excluding carboxylic acids is 1. The fourth-order valence-corrected chi connectivity index (χ4v) is 1.08. The normalized spacial score (nSPS) is 34.6. The number of rotatable bonds is 3. The Morgan fingerprint density at radius 3 is 2.75 bits per heavy atom. The van der Waals surface area contributed by atoms with Crippen molar-refractivity contribution in [3.05, 3.63) is 0 Å². The second kappa shape index (κ2) is 2.29. The molecule has 0 bridgehead atoms. The lowest BCUT2D eigenvalue weighted by atomic mass is 10.2. The van der Waals surface area contributed by atoms with Crippen molar-refractivity contribution >= 4 is 6.29 Å². The van der Waals surface area contributed by atoms with Crippen LogP contribution >= 0.6 is 0 Å². The molecule has 0 unspecified atom stereocenters. The summed E-state index contributed by atoms with van der Waals surface area (Å²) >= 11 is 0. The molecule has 0 heterocycles. The highest BCUT2D eigenvalue weighted by Gasteiger charge is 2.31. The predicted molar refractivity (Wildman–Crippen MR) is 32.6 cm³/mol. The van der Waals surface area contributed by atoms with Gasteiger partial charge in [-0.05, 0) is 24.7 Å². The second-order valence-corrected chi connectivity index (χ2v) is 2.72. The van der Waals surface area contributed by atoms with Crippen molar-refractivity contribution in [2.45, 2.75) is 26.2 Å². The summed E-state index contributed by atoms with van der Waals surface area (Å²) in [5.74, 6) is 1.80. The molecule has 2 atom stereocenters. The highest BCUT2D eigenvalue weighted by Crippen LogP contribution is 2.40. The van der Waals surface area contributed by atoms with E-state index in [1.807, 2.05) is 0 Å². The number of carbonyl (C=O) groups is 1. The summed E-state index contributed by atoms with van der Waals surface area (Å²) in [5, 5.41) is 0. The highest BCUT2D eigenvalue weighted by molar-refractivity contribution is 5.49. The van der Waals surface area contributed by atoms with E-state index >= 15 is 0 Å². The van der Waals surface area contributed by atoms with E-state index in [9.17, 15) is 4.79 Å². The molecule has 1 saturated carbocycles. The van der Waals surface area contributed by atoms with Crippen molar-refractivity contribution in [1.29, 1.82) is 0 Å². The molecule has 0 spiro atoms. The topological polar surface area (TPSA) is 17.1 Å². The molecule has 0 radical (unpaired) electrons. The van der Waals surface area contributed by atoms with Crippen molar-refractivity contribution in [2.24, 2.45) is 11.8 Å². The summed E-state index contributed by atoms with van der Waals surface area (Å²) in [7, 11) is 0. The Kier molecular flexibility index (Phi) is 1.66. The number of hydrogen-bond donors (Lipinski definition) is 0. The molecule has 0 aromatic carbocycles. The first kappa shape index (κ1) is 5.80. The molecule has 0 saturated heterocycles. The molecule has 1 rings (SSSR count). The van der Waals surface area contributed by atoms with E-state index in [1.165, 1.54) is 6.42 Å². The maximum Gasteiger partial charge on any atom is 0.120 e. The minimum Gasteiger partial charge on any atom is -0.303 e. The number of hydrogen-bond acceptors (Lipinski definition) is 1. The standard InChI is InChI=1S/C7H12O/c1-6-5-7(6)3-2-4-8/h4,6-7H,2-3,5H2,1H3/t6-,7+/m0/s1. The Bertz CT molecular complexity index is 88.4. The molecule has 0 amide bonds. The third-order valence-corrected chi connectivity index (χ3v) is 1.93. The van der Waals surface area contributed by atoms with Gasteiger partial charge in [-0.3, -0.25) is 0 Å². The highest BCUT2D eigenvalue weighted by atomic mass is 16.1. The largest absolute Gasteiger partial charge is 0.303 e. The van der Waals surface area contributed by atoms with Gasteiger partial charge in [-0.15, -0.1) is 0 Å². The Balaban J connectivity index is 1.97. The van der Waals surface area contributed by atoms with Crippen LogP contribution < -0.4 is 0 Å². The molecule has 1 aliphatic rings. The molecule has 0 aromatic heterocycles. The van der Waals surface area contributed by atoms with Gasteiger partial charge in [0.2, 0.25) is 0 Å². The first-order valence-corrected chi connectivity index (χ1v) is 3.28. The zero-order valence-electron chi connectivity index (χ0n) is 5.26. The summed E-state index contributed by atoms with van der Waals surface area (Å²) in [6.45, 7) is 2.25. The molecule has 1 fully saturated rings. The van der Waals surface area contributed by atoms with E-state index in [0.29, 0.717) is 0 Å². The van der Waals surface area contributed by atoms with Crippen LogP contribution in [0.4, 0.5) is 0 Å². The first-order valence-electron chi connectivity index (χ1n) is 3.28. The van der Waals surface area contributed by atoms with Crippen LogP contribution in [-0.4, -0.2) is 6.29 Å². The van der Waals surface area contributed by atoms with Crippen molar-refractivity contribution in [3.8, 4) is 0 Å².